The first kappa shape index (κ1) is 21.2. The van der Waals surface area contributed by atoms with Crippen LogP contribution >= 0.6 is 15.9 Å². The summed E-state index contributed by atoms with van der Waals surface area (Å²) in [6.07, 6.45) is 2.31. The van der Waals surface area contributed by atoms with Gasteiger partial charge in [0.15, 0.2) is 5.96 Å². The highest BCUT2D eigenvalue weighted by molar-refractivity contribution is 9.10. The number of nitrogens with zero attached hydrogens (tertiary/aromatic N) is 1. The van der Waals surface area contributed by atoms with Gasteiger partial charge in [0.1, 0.15) is 0 Å². The number of aliphatic imine (C=N–C) groups is 1. The van der Waals surface area contributed by atoms with Gasteiger partial charge in [-0.05, 0) is 50.5 Å². The number of benzene rings is 1. The van der Waals surface area contributed by atoms with Crippen LogP contribution in [0.3, 0.4) is 0 Å². The number of carbonyl (C=O) groups is 2. The van der Waals surface area contributed by atoms with Crippen LogP contribution in [0.15, 0.2) is 27.7 Å². The molecule has 8 heteroatoms. The molecule has 0 saturated heterocycles. The van der Waals surface area contributed by atoms with E-state index in [9.17, 15) is 9.59 Å². The summed E-state index contributed by atoms with van der Waals surface area (Å²) < 4.78 is 0.984. The van der Waals surface area contributed by atoms with Gasteiger partial charge in [-0.2, -0.15) is 0 Å². The maximum atomic E-state index is 12.1. The summed E-state index contributed by atoms with van der Waals surface area (Å²) in [4.78, 5) is 28.1. The number of aryl methyl sites for hydroxylation is 1. The fraction of sp³-hybridized carbons (Fsp3) is 0.526. The van der Waals surface area contributed by atoms with Crippen LogP contribution in [0.25, 0.3) is 0 Å². The van der Waals surface area contributed by atoms with Crippen LogP contribution in [0.1, 0.15) is 31.7 Å². The molecule has 1 aromatic rings. The van der Waals surface area contributed by atoms with Crippen molar-refractivity contribution in [1.82, 2.24) is 16.0 Å². The van der Waals surface area contributed by atoms with Crippen molar-refractivity contribution in [2.24, 2.45) is 10.9 Å². The number of nitrogens with one attached hydrogen (secondary N) is 4. The lowest BCUT2D eigenvalue weighted by Gasteiger charge is -2.12. The van der Waals surface area contributed by atoms with Gasteiger partial charge in [-0.1, -0.05) is 15.9 Å². The predicted octanol–water partition coefficient (Wildman–Crippen LogP) is 2.17. The summed E-state index contributed by atoms with van der Waals surface area (Å²) in [5, 5.41) is 12.1. The molecule has 2 rings (SSSR count). The standard InChI is InChI=1S/C19H28BrN5O2/c1-3-21-19(24-11-10-22-18(27)14-4-5-14)23-9-8-17(26)25-16-7-6-15(20)12-13(16)2/h6-7,12,14H,3-5,8-11H2,1-2H3,(H,22,27)(H,25,26)(H2,21,23,24). The maximum Gasteiger partial charge on any atom is 0.226 e. The van der Waals surface area contributed by atoms with Gasteiger partial charge in [-0.3, -0.25) is 14.6 Å². The minimum Gasteiger partial charge on any atom is -0.357 e. The molecule has 0 unspecified atom stereocenters. The summed E-state index contributed by atoms with van der Waals surface area (Å²) in [5.74, 6) is 0.931. The van der Waals surface area contributed by atoms with Gasteiger partial charge < -0.3 is 21.3 Å². The fourth-order valence-corrected chi connectivity index (χ4v) is 2.92. The third-order valence-electron chi connectivity index (χ3n) is 4.08. The number of guanidine groups is 1. The molecular weight excluding hydrogens is 410 g/mol. The molecule has 1 saturated carbocycles. The van der Waals surface area contributed by atoms with E-state index in [0.29, 0.717) is 32.0 Å². The lowest BCUT2D eigenvalue weighted by Crippen LogP contribution is -2.41. The van der Waals surface area contributed by atoms with Crippen molar-refractivity contribution in [3.05, 3.63) is 28.2 Å². The number of rotatable bonds is 9. The number of hydrogen-bond acceptors (Lipinski definition) is 3. The number of anilines is 1. The van der Waals surface area contributed by atoms with E-state index in [4.69, 9.17) is 0 Å². The lowest BCUT2D eigenvalue weighted by molar-refractivity contribution is -0.122. The Morgan fingerprint density at radius 3 is 2.59 bits per heavy atom. The third-order valence-corrected chi connectivity index (χ3v) is 4.57. The minimum atomic E-state index is -0.0725. The highest BCUT2D eigenvalue weighted by Crippen LogP contribution is 2.28. The molecule has 0 radical (unpaired) electrons. The van der Waals surface area contributed by atoms with E-state index in [2.05, 4.69) is 42.2 Å². The Bertz CT molecular complexity index is 689. The van der Waals surface area contributed by atoms with E-state index in [1.54, 1.807) is 0 Å². The highest BCUT2D eigenvalue weighted by Gasteiger charge is 2.28. The second kappa shape index (κ2) is 10.9. The molecule has 1 aliphatic rings. The maximum absolute atomic E-state index is 12.1. The van der Waals surface area contributed by atoms with Crippen LogP contribution in [0.4, 0.5) is 5.69 Å². The Labute approximate surface area is 168 Å². The molecule has 1 fully saturated rings. The minimum absolute atomic E-state index is 0.0725. The van der Waals surface area contributed by atoms with Gasteiger partial charge in [0.05, 0.1) is 6.54 Å². The quantitative estimate of drug-likeness (QED) is 0.270. The highest BCUT2D eigenvalue weighted by atomic mass is 79.9. The van der Waals surface area contributed by atoms with Crippen molar-refractivity contribution in [1.29, 1.82) is 0 Å². The van der Waals surface area contributed by atoms with Crippen molar-refractivity contribution < 1.29 is 9.59 Å². The van der Waals surface area contributed by atoms with Crippen molar-refractivity contribution in [3.8, 4) is 0 Å². The van der Waals surface area contributed by atoms with Gasteiger partial charge in [-0.25, -0.2) is 0 Å². The molecule has 2 amide bonds. The van der Waals surface area contributed by atoms with Crippen LogP contribution in [-0.4, -0.2) is 44.0 Å². The molecule has 1 aromatic carbocycles. The zero-order valence-corrected chi connectivity index (χ0v) is 17.5. The average molecular weight is 438 g/mol. The lowest BCUT2D eigenvalue weighted by atomic mass is 10.2. The Morgan fingerprint density at radius 1 is 1.19 bits per heavy atom. The summed E-state index contributed by atoms with van der Waals surface area (Å²) in [6.45, 7) is 6.19. The van der Waals surface area contributed by atoms with Crippen molar-refractivity contribution >= 4 is 39.4 Å². The molecule has 148 valence electrons. The average Bonchev–Trinajstić information content (AvgIpc) is 3.46. The van der Waals surface area contributed by atoms with Crippen LogP contribution in [-0.2, 0) is 9.59 Å². The first-order valence-corrected chi connectivity index (χ1v) is 10.1. The fourth-order valence-electron chi connectivity index (χ4n) is 2.45. The van der Waals surface area contributed by atoms with Gasteiger partial charge in [0.25, 0.3) is 0 Å². The summed E-state index contributed by atoms with van der Waals surface area (Å²) >= 11 is 3.41. The van der Waals surface area contributed by atoms with Crippen molar-refractivity contribution in [2.75, 3.05) is 31.5 Å². The Balaban J connectivity index is 1.70. The third kappa shape index (κ3) is 7.99. The number of amides is 2. The van der Waals surface area contributed by atoms with Gasteiger partial charge in [-0.15, -0.1) is 0 Å². The largest absolute Gasteiger partial charge is 0.357 e. The number of halogens is 1. The zero-order chi connectivity index (χ0) is 19.6. The van der Waals surface area contributed by atoms with Crippen molar-refractivity contribution in [2.45, 2.75) is 33.1 Å². The number of hydrogen-bond donors (Lipinski definition) is 4. The topological polar surface area (TPSA) is 94.6 Å². The molecule has 27 heavy (non-hydrogen) atoms. The predicted molar refractivity (Wildman–Crippen MR) is 112 cm³/mol. The van der Waals surface area contributed by atoms with Gasteiger partial charge in [0, 0.05) is 42.1 Å². The molecule has 0 spiro atoms. The molecule has 0 bridgehead atoms. The van der Waals surface area contributed by atoms with Crippen LogP contribution in [0.5, 0.6) is 0 Å². The molecule has 7 nitrogen and oxygen atoms in total. The van der Waals surface area contributed by atoms with E-state index in [1.165, 1.54) is 0 Å². The van der Waals surface area contributed by atoms with Crippen LogP contribution in [0, 0.1) is 12.8 Å². The molecule has 0 aliphatic heterocycles. The normalized spacial score (nSPS) is 13.8. The second-order valence-electron chi connectivity index (χ2n) is 6.51. The smallest absolute Gasteiger partial charge is 0.226 e. The van der Waals surface area contributed by atoms with E-state index in [-0.39, 0.29) is 17.7 Å². The number of carbonyl (C=O) groups excluding carboxylic acids is 2. The Morgan fingerprint density at radius 2 is 1.93 bits per heavy atom. The van der Waals surface area contributed by atoms with Crippen LogP contribution in [0.2, 0.25) is 0 Å². The summed E-state index contributed by atoms with van der Waals surface area (Å²) in [7, 11) is 0. The molecule has 1 aliphatic carbocycles. The monoisotopic (exact) mass is 437 g/mol. The van der Waals surface area contributed by atoms with Crippen LogP contribution < -0.4 is 21.3 Å². The Hall–Kier alpha value is -2.09. The van der Waals surface area contributed by atoms with E-state index in [0.717, 1.165) is 35.1 Å². The van der Waals surface area contributed by atoms with Gasteiger partial charge in [0.2, 0.25) is 11.8 Å². The SMILES string of the molecule is CCNC(=NCCC(=O)Nc1ccc(Br)cc1C)NCCNC(=O)C1CC1. The van der Waals surface area contributed by atoms with Crippen molar-refractivity contribution in [3.63, 3.8) is 0 Å². The zero-order valence-electron chi connectivity index (χ0n) is 15.9. The first-order chi connectivity index (χ1) is 13.0. The second-order valence-corrected chi connectivity index (χ2v) is 7.43. The first-order valence-electron chi connectivity index (χ1n) is 9.35. The summed E-state index contributed by atoms with van der Waals surface area (Å²) in [5.41, 5.74) is 1.81. The van der Waals surface area contributed by atoms with E-state index in [1.807, 2.05) is 32.0 Å². The van der Waals surface area contributed by atoms with E-state index < -0.39 is 0 Å². The van der Waals surface area contributed by atoms with Gasteiger partial charge >= 0.3 is 0 Å². The molecule has 4 N–H and O–H groups in total. The Kier molecular flexibility index (Phi) is 8.57. The molecular formula is C19H28BrN5O2. The molecule has 0 aromatic heterocycles. The summed E-state index contributed by atoms with van der Waals surface area (Å²) in [6, 6.07) is 5.74. The molecule has 0 atom stereocenters. The van der Waals surface area contributed by atoms with E-state index >= 15 is 0 Å². The molecule has 0 heterocycles.